The van der Waals surface area contributed by atoms with E-state index >= 15 is 0 Å². The van der Waals surface area contributed by atoms with Gasteiger partial charge in [0.05, 0.1) is 12.4 Å². The molecule has 0 aliphatic heterocycles. The lowest BCUT2D eigenvalue weighted by atomic mass is 10.0. The van der Waals surface area contributed by atoms with Crippen molar-refractivity contribution in [3.63, 3.8) is 0 Å². The average molecular weight is 135 g/mol. The van der Waals surface area contributed by atoms with Gasteiger partial charge in [0, 0.05) is 6.07 Å². The molecule has 0 fully saturated rings. The van der Waals surface area contributed by atoms with Crippen molar-refractivity contribution < 1.29 is 0 Å². The fraction of sp³-hybridized carbons (Fsp3) is 0.500. The monoisotopic (exact) mass is 135 g/mol. The van der Waals surface area contributed by atoms with Crippen molar-refractivity contribution in [3.05, 3.63) is 24.0 Å². The van der Waals surface area contributed by atoms with E-state index in [-0.39, 0.29) is 0 Å². The van der Waals surface area contributed by atoms with Gasteiger partial charge in [0.15, 0.2) is 0 Å². The second-order valence-electron chi connectivity index (χ2n) is 2.40. The molecule has 1 aromatic heterocycles. The minimum Gasteiger partial charge on any atom is -0.159 e. The van der Waals surface area contributed by atoms with Crippen LogP contribution in [0.1, 0.15) is 31.7 Å². The molecule has 1 aromatic rings. The van der Waals surface area contributed by atoms with E-state index in [0.29, 0.717) is 5.92 Å². The number of hydrogen-bond acceptors (Lipinski definition) is 2. The second kappa shape index (κ2) is 3.30. The molecule has 0 amide bonds. The summed E-state index contributed by atoms with van der Waals surface area (Å²) in [7, 11) is 0. The Hall–Kier alpha value is -0.920. The van der Waals surface area contributed by atoms with Gasteiger partial charge in [-0.25, -0.2) is 0 Å². The maximum absolute atomic E-state index is 3.77. The molecule has 53 valence electrons. The van der Waals surface area contributed by atoms with Gasteiger partial charge in [-0.1, -0.05) is 13.8 Å². The summed E-state index contributed by atoms with van der Waals surface area (Å²) >= 11 is 0. The van der Waals surface area contributed by atoms with Crippen molar-refractivity contribution in [1.29, 1.82) is 0 Å². The van der Waals surface area contributed by atoms with E-state index in [2.05, 4.69) is 30.1 Å². The van der Waals surface area contributed by atoms with Gasteiger partial charge in [-0.15, -0.1) is 0 Å². The van der Waals surface area contributed by atoms with Crippen LogP contribution < -0.4 is 0 Å². The van der Waals surface area contributed by atoms with Crippen LogP contribution in [0.3, 0.4) is 0 Å². The minimum absolute atomic E-state index is 0.551. The van der Waals surface area contributed by atoms with Gasteiger partial charge in [0.1, 0.15) is 0 Å². The van der Waals surface area contributed by atoms with Crippen molar-refractivity contribution >= 4 is 0 Å². The van der Waals surface area contributed by atoms with E-state index < -0.39 is 0 Å². The van der Waals surface area contributed by atoms with Crippen LogP contribution in [-0.2, 0) is 0 Å². The Morgan fingerprint density at radius 3 is 2.90 bits per heavy atom. The molecule has 1 rings (SSSR count). The quantitative estimate of drug-likeness (QED) is 0.617. The molecule has 1 radical (unpaired) electrons. The van der Waals surface area contributed by atoms with Gasteiger partial charge < -0.3 is 0 Å². The number of nitrogens with zero attached hydrogens (tertiary/aromatic N) is 2. The SMILES string of the molecule is CCC(C)c1[c]cnnc1. The predicted octanol–water partition coefficient (Wildman–Crippen LogP) is 1.79. The third-order valence-corrected chi connectivity index (χ3v) is 1.70. The fourth-order valence-electron chi connectivity index (χ4n) is 0.759. The van der Waals surface area contributed by atoms with Gasteiger partial charge in [0.2, 0.25) is 0 Å². The Bertz CT molecular complexity index is 184. The molecule has 0 aromatic carbocycles. The summed E-state index contributed by atoms with van der Waals surface area (Å²) in [5.41, 5.74) is 1.15. The lowest BCUT2D eigenvalue weighted by molar-refractivity contribution is 0.722. The van der Waals surface area contributed by atoms with Crippen molar-refractivity contribution in [2.24, 2.45) is 0 Å². The van der Waals surface area contributed by atoms with Gasteiger partial charge in [-0.3, -0.25) is 0 Å². The lowest BCUT2D eigenvalue weighted by Gasteiger charge is -2.04. The third kappa shape index (κ3) is 1.53. The lowest BCUT2D eigenvalue weighted by Crippen LogP contribution is -1.92. The third-order valence-electron chi connectivity index (χ3n) is 1.70. The highest BCUT2D eigenvalue weighted by molar-refractivity contribution is 5.08. The van der Waals surface area contributed by atoms with Gasteiger partial charge in [-0.05, 0) is 17.9 Å². The molecule has 0 aliphatic rings. The molecular formula is C8H11N2. The smallest absolute Gasteiger partial charge is 0.0578 e. The van der Waals surface area contributed by atoms with Crippen molar-refractivity contribution in [2.45, 2.75) is 26.2 Å². The highest BCUT2D eigenvalue weighted by Gasteiger charge is 2.00. The second-order valence-corrected chi connectivity index (χ2v) is 2.40. The first-order chi connectivity index (χ1) is 4.84. The van der Waals surface area contributed by atoms with E-state index in [9.17, 15) is 0 Å². The van der Waals surface area contributed by atoms with Crippen LogP contribution in [0.5, 0.6) is 0 Å². The molecule has 2 heteroatoms. The summed E-state index contributed by atoms with van der Waals surface area (Å²) in [6, 6.07) is 3.05. The first kappa shape index (κ1) is 7.19. The molecule has 0 spiro atoms. The summed E-state index contributed by atoms with van der Waals surface area (Å²) in [6.45, 7) is 4.31. The maximum Gasteiger partial charge on any atom is 0.0578 e. The highest BCUT2D eigenvalue weighted by Crippen LogP contribution is 2.14. The highest BCUT2D eigenvalue weighted by atomic mass is 15.1. The van der Waals surface area contributed by atoms with E-state index in [4.69, 9.17) is 0 Å². The number of rotatable bonds is 2. The van der Waals surface area contributed by atoms with Crippen LogP contribution >= 0.6 is 0 Å². The van der Waals surface area contributed by atoms with Crippen molar-refractivity contribution in [1.82, 2.24) is 10.2 Å². The summed E-state index contributed by atoms with van der Waals surface area (Å²) in [5, 5.41) is 7.43. The Morgan fingerprint density at radius 1 is 1.60 bits per heavy atom. The average Bonchev–Trinajstić information content (AvgIpc) is 2.05. The van der Waals surface area contributed by atoms with Crippen LogP contribution in [-0.4, -0.2) is 10.2 Å². The molecule has 0 N–H and O–H groups in total. The summed E-state index contributed by atoms with van der Waals surface area (Å²) in [6.07, 6.45) is 4.51. The normalized spacial score (nSPS) is 13.0. The van der Waals surface area contributed by atoms with Gasteiger partial charge >= 0.3 is 0 Å². The van der Waals surface area contributed by atoms with Crippen molar-refractivity contribution in [3.8, 4) is 0 Å². The zero-order valence-corrected chi connectivity index (χ0v) is 6.33. The van der Waals surface area contributed by atoms with Crippen LogP contribution in [0.25, 0.3) is 0 Å². The largest absolute Gasteiger partial charge is 0.159 e. The molecule has 1 heterocycles. The predicted molar refractivity (Wildman–Crippen MR) is 39.6 cm³/mol. The van der Waals surface area contributed by atoms with Gasteiger partial charge in [0.25, 0.3) is 0 Å². The zero-order valence-electron chi connectivity index (χ0n) is 6.33. The van der Waals surface area contributed by atoms with E-state index in [0.717, 1.165) is 12.0 Å². The van der Waals surface area contributed by atoms with E-state index in [1.807, 2.05) is 0 Å². The Balaban J connectivity index is 2.75. The van der Waals surface area contributed by atoms with Crippen LogP contribution in [0, 0.1) is 6.07 Å². The van der Waals surface area contributed by atoms with E-state index in [1.54, 1.807) is 12.4 Å². The summed E-state index contributed by atoms with van der Waals surface area (Å²) in [4.78, 5) is 0. The fourth-order valence-corrected chi connectivity index (χ4v) is 0.759. The van der Waals surface area contributed by atoms with Crippen LogP contribution in [0.2, 0.25) is 0 Å². The standard InChI is InChI=1S/C8H11N2/c1-3-7(2)8-4-5-9-10-6-8/h5-7H,3H2,1-2H3. The zero-order chi connectivity index (χ0) is 7.40. The first-order valence-corrected chi connectivity index (χ1v) is 3.53. The Morgan fingerprint density at radius 2 is 2.40 bits per heavy atom. The molecule has 1 unspecified atom stereocenters. The van der Waals surface area contributed by atoms with Gasteiger partial charge in [-0.2, -0.15) is 10.2 Å². The van der Waals surface area contributed by atoms with Crippen LogP contribution in [0.4, 0.5) is 0 Å². The minimum atomic E-state index is 0.551. The van der Waals surface area contributed by atoms with E-state index in [1.165, 1.54) is 0 Å². The molecular weight excluding hydrogens is 124 g/mol. The molecule has 0 aliphatic carbocycles. The first-order valence-electron chi connectivity index (χ1n) is 3.53. The number of aromatic nitrogens is 2. The molecule has 10 heavy (non-hydrogen) atoms. The molecule has 2 nitrogen and oxygen atoms in total. The molecule has 1 atom stereocenters. The van der Waals surface area contributed by atoms with Crippen molar-refractivity contribution in [2.75, 3.05) is 0 Å². The molecule has 0 bridgehead atoms. The topological polar surface area (TPSA) is 25.8 Å². The Labute approximate surface area is 61.3 Å². The summed E-state index contributed by atoms with van der Waals surface area (Å²) in [5.74, 6) is 0.551. The molecule has 0 saturated carbocycles. The summed E-state index contributed by atoms with van der Waals surface area (Å²) < 4.78 is 0. The molecule has 0 saturated heterocycles. The maximum atomic E-state index is 3.77. The Kier molecular flexibility index (Phi) is 2.37. The van der Waals surface area contributed by atoms with Crippen LogP contribution in [0.15, 0.2) is 12.4 Å². The number of hydrogen-bond donors (Lipinski definition) is 0.